The third-order valence-electron chi connectivity index (χ3n) is 2.67. The average Bonchev–Trinajstić information content (AvgIpc) is 2.53. The molecule has 0 atom stereocenters. The Morgan fingerprint density at radius 2 is 1.95 bits per heavy atom. The number of thioether (sulfide) groups is 1. The molecule has 1 aromatic heterocycles. The van der Waals surface area contributed by atoms with Gasteiger partial charge in [0.2, 0.25) is 5.91 Å². The van der Waals surface area contributed by atoms with Gasteiger partial charge in [0.1, 0.15) is 5.15 Å². The molecule has 2 rings (SSSR count). The predicted molar refractivity (Wildman–Crippen MR) is 84.6 cm³/mol. The van der Waals surface area contributed by atoms with Crippen LogP contribution in [0.2, 0.25) is 5.15 Å². The number of nitrogens with one attached hydrogen (secondary N) is 2. The molecule has 22 heavy (non-hydrogen) atoms. The quantitative estimate of drug-likeness (QED) is 0.385. The van der Waals surface area contributed by atoms with E-state index < -0.39 is 5.91 Å². The van der Waals surface area contributed by atoms with Crippen molar-refractivity contribution >= 4 is 35.2 Å². The van der Waals surface area contributed by atoms with Crippen LogP contribution >= 0.6 is 23.4 Å². The number of hydrazine groups is 1. The van der Waals surface area contributed by atoms with Gasteiger partial charge in [-0.25, -0.2) is 9.97 Å². The first-order valence-corrected chi connectivity index (χ1v) is 7.90. The number of aromatic nitrogens is 2. The number of benzene rings is 1. The van der Waals surface area contributed by atoms with Crippen molar-refractivity contribution < 1.29 is 9.59 Å². The summed E-state index contributed by atoms with van der Waals surface area (Å²) >= 11 is 7.22. The van der Waals surface area contributed by atoms with E-state index in [9.17, 15) is 9.59 Å². The molecule has 0 aliphatic heterocycles. The van der Waals surface area contributed by atoms with Gasteiger partial charge in [-0.1, -0.05) is 53.7 Å². The molecule has 8 heteroatoms. The molecule has 0 radical (unpaired) electrons. The van der Waals surface area contributed by atoms with Crippen molar-refractivity contribution in [2.24, 2.45) is 0 Å². The van der Waals surface area contributed by atoms with Gasteiger partial charge in [0.05, 0.1) is 12.0 Å². The van der Waals surface area contributed by atoms with Gasteiger partial charge in [-0.05, 0) is 11.8 Å². The van der Waals surface area contributed by atoms with Gasteiger partial charge < -0.3 is 0 Å². The summed E-state index contributed by atoms with van der Waals surface area (Å²) in [7, 11) is 0. The molecule has 0 bridgehead atoms. The van der Waals surface area contributed by atoms with E-state index in [2.05, 4.69) is 20.8 Å². The molecule has 0 aliphatic carbocycles. The average molecular weight is 337 g/mol. The van der Waals surface area contributed by atoms with Crippen LogP contribution < -0.4 is 10.9 Å². The summed E-state index contributed by atoms with van der Waals surface area (Å²) < 4.78 is 0. The maximum absolute atomic E-state index is 11.9. The summed E-state index contributed by atoms with van der Waals surface area (Å²) in [6, 6.07) is 9.20. The van der Waals surface area contributed by atoms with E-state index in [1.165, 1.54) is 18.0 Å². The van der Waals surface area contributed by atoms with Gasteiger partial charge in [0.15, 0.2) is 5.16 Å². The molecule has 6 nitrogen and oxygen atoms in total. The van der Waals surface area contributed by atoms with Crippen LogP contribution in [0.1, 0.15) is 15.9 Å². The Labute approximate surface area is 136 Å². The number of rotatable bonds is 4. The number of amides is 2. The number of halogens is 1. The zero-order valence-corrected chi connectivity index (χ0v) is 13.2. The molecule has 1 aromatic carbocycles. The Morgan fingerprint density at radius 3 is 2.59 bits per heavy atom. The molecule has 1 heterocycles. The Balaban J connectivity index is 1.91. The summed E-state index contributed by atoms with van der Waals surface area (Å²) in [6.45, 7) is 0. The van der Waals surface area contributed by atoms with Crippen molar-refractivity contribution in [1.82, 2.24) is 20.8 Å². The van der Waals surface area contributed by atoms with Crippen LogP contribution in [0.4, 0.5) is 0 Å². The molecule has 2 aromatic rings. The highest BCUT2D eigenvalue weighted by molar-refractivity contribution is 7.98. The van der Waals surface area contributed by atoms with E-state index >= 15 is 0 Å². The highest BCUT2D eigenvalue weighted by atomic mass is 35.5. The van der Waals surface area contributed by atoms with E-state index in [0.717, 1.165) is 5.56 Å². The molecule has 0 saturated carbocycles. The predicted octanol–water partition coefficient (Wildman–Crippen LogP) is 1.86. The monoisotopic (exact) mass is 336 g/mol. The minimum absolute atomic E-state index is 0.0363. The molecule has 0 saturated heterocycles. The Kier molecular flexibility index (Phi) is 5.74. The maximum Gasteiger partial charge on any atom is 0.274 e. The fourth-order valence-corrected chi connectivity index (χ4v) is 2.22. The highest BCUT2D eigenvalue weighted by Crippen LogP contribution is 2.16. The van der Waals surface area contributed by atoms with Crippen molar-refractivity contribution in [2.45, 2.75) is 11.6 Å². The molecular formula is C14H13ClN4O2S. The van der Waals surface area contributed by atoms with Crippen LogP contribution in [0, 0.1) is 0 Å². The molecule has 0 unspecified atom stereocenters. The van der Waals surface area contributed by atoms with E-state index in [1.807, 2.05) is 30.3 Å². The maximum atomic E-state index is 11.9. The smallest absolute Gasteiger partial charge is 0.273 e. The summed E-state index contributed by atoms with van der Waals surface area (Å²) in [5.74, 6) is -0.906. The van der Waals surface area contributed by atoms with Crippen LogP contribution in [0.15, 0.2) is 41.7 Å². The zero-order chi connectivity index (χ0) is 15.9. The Bertz CT molecular complexity index is 682. The van der Waals surface area contributed by atoms with E-state index in [4.69, 9.17) is 11.6 Å². The second kappa shape index (κ2) is 7.77. The molecule has 0 aliphatic rings. The third-order valence-corrected chi connectivity index (χ3v) is 3.52. The van der Waals surface area contributed by atoms with Crippen LogP contribution in [0.3, 0.4) is 0 Å². The van der Waals surface area contributed by atoms with Crippen LogP contribution in [0.25, 0.3) is 0 Å². The third kappa shape index (κ3) is 4.44. The lowest BCUT2D eigenvalue weighted by Crippen LogP contribution is -2.42. The topological polar surface area (TPSA) is 84.0 Å². The summed E-state index contributed by atoms with van der Waals surface area (Å²) in [4.78, 5) is 31.6. The van der Waals surface area contributed by atoms with Crippen molar-refractivity contribution in [1.29, 1.82) is 0 Å². The summed E-state index contributed by atoms with van der Waals surface area (Å²) in [5.41, 5.74) is 5.56. The molecule has 114 valence electrons. The van der Waals surface area contributed by atoms with Gasteiger partial charge in [0.25, 0.3) is 5.91 Å². The second-order valence-electron chi connectivity index (χ2n) is 4.23. The van der Waals surface area contributed by atoms with E-state index in [0.29, 0.717) is 5.16 Å². The normalized spacial score (nSPS) is 10.1. The van der Waals surface area contributed by atoms with Crippen molar-refractivity contribution in [3.05, 3.63) is 52.8 Å². The lowest BCUT2D eigenvalue weighted by atomic mass is 10.1. The minimum Gasteiger partial charge on any atom is -0.273 e. The Morgan fingerprint density at radius 1 is 1.23 bits per heavy atom. The van der Waals surface area contributed by atoms with Crippen LogP contribution in [0.5, 0.6) is 0 Å². The Hall–Kier alpha value is -2.12. The lowest BCUT2D eigenvalue weighted by Gasteiger charge is -2.08. The van der Waals surface area contributed by atoms with E-state index in [1.54, 1.807) is 6.26 Å². The van der Waals surface area contributed by atoms with Gasteiger partial charge in [-0.2, -0.15) is 0 Å². The fraction of sp³-hybridized carbons (Fsp3) is 0.143. The van der Waals surface area contributed by atoms with Crippen LogP contribution in [-0.4, -0.2) is 28.0 Å². The van der Waals surface area contributed by atoms with E-state index in [-0.39, 0.29) is 23.0 Å². The minimum atomic E-state index is -0.570. The first-order valence-electron chi connectivity index (χ1n) is 6.30. The van der Waals surface area contributed by atoms with Crippen molar-refractivity contribution in [3.63, 3.8) is 0 Å². The largest absolute Gasteiger partial charge is 0.274 e. The zero-order valence-electron chi connectivity index (χ0n) is 11.7. The standard InChI is InChI=1S/C14H13ClN4O2S/c1-22-14-16-8-10(12(15)17-14)13(21)19-18-11(20)7-9-5-3-2-4-6-9/h2-6,8H,7H2,1H3,(H,18,20)(H,19,21). The van der Waals surface area contributed by atoms with Gasteiger partial charge >= 0.3 is 0 Å². The lowest BCUT2D eigenvalue weighted by molar-refractivity contribution is -0.121. The van der Waals surface area contributed by atoms with Crippen molar-refractivity contribution in [3.8, 4) is 0 Å². The molecule has 2 N–H and O–H groups in total. The number of carbonyl (C=O) groups excluding carboxylic acids is 2. The fourth-order valence-electron chi connectivity index (χ4n) is 1.62. The molecule has 2 amide bonds. The van der Waals surface area contributed by atoms with Gasteiger partial charge in [-0.15, -0.1) is 0 Å². The van der Waals surface area contributed by atoms with Crippen molar-refractivity contribution in [2.75, 3.05) is 6.26 Å². The molecular weight excluding hydrogens is 324 g/mol. The number of hydrogen-bond acceptors (Lipinski definition) is 5. The molecule has 0 spiro atoms. The van der Waals surface area contributed by atoms with Gasteiger partial charge in [0, 0.05) is 6.20 Å². The number of hydrogen-bond donors (Lipinski definition) is 2. The highest BCUT2D eigenvalue weighted by Gasteiger charge is 2.14. The summed E-state index contributed by atoms with van der Waals surface area (Å²) in [5, 5.41) is 0.504. The molecule has 0 fully saturated rings. The van der Waals surface area contributed by atoms with Crippen LogP contribution in [-0.2, 0) is 11.2 Å². The SMILES string of the molecule is CSc1ncc(C(=O)NNC(=O)Cc2ccccc2)c(Cl)n1. The number of carbonyl (C=O) groups is 2. The second-order valence-corrected chi connectivity index (χ2v) is 5.36. The first-order chi connectivity index (χ1) is 10.6. The first kappa shape index (κ1) is 16.3. The number of nitrogens with zero attached hydrogens (tertiary/aromatic N) is 2. The summed E-state index contributed by atoms with van der Waals surface area (Å²) in [6.07, 6.45) is 3.28. The van der Waals surface area contributed by atoms with Gasteiger partial charge in [-0.3, -0.25) is 20.4 Å².